The Morgan fingerprint density at radius 1 is 1.29 bits per heavy atom. The van der Waals surface area contributed by atoms with Crippen molar-refractivity contribution in [2.75, 3.05) is 27.2 Å². The van der Waals surface area contributed by atoms with Crippen LogP contribution in [-0.4, -0.2) is 51.6 Å². The topological polar surface area (TPSA) is 86.7 Å². The molecule has 116 valence electrons. The number of carboxylic acids is 1. The van der Waals surface area contributed by atoms with Crippen molar-refractivity contribution in [3.05, 3.63) is 29.8 Å². The first-order chi connectivity index (χ1) is 9.78. The number of hydrogen-bond donors (Lipinski definition) is 2. The summed E-state index contributed by atoms with van der Waals surface area (Å²) in [5, 5.41) is 9.22. The first kappa shape index (κ1) is 15.9. The monoisotopic (exact) mass is 312 g/mol. The molecule has 0 radical (unpaired) electrons. The minimum Gasteiger partial charge on any atom is -0.481 e. The molecular weight excluding hydrogens is 292 g/mol. The van der Waals surface area contributed by atoms with Crippen LogP contribution in [0.5, 0.6) is 0 Å². The number of likely N-dealkylation sites (N-methyl/N-ethyl adjacent to an activating group) is 1. The van der Waals surface area contributed by atoms with Gasteiger partial charge in [-0.15, -0.1) is 0 Å². The van der Waals surface area contributed by atoms with Crippen molar-refractivity contribution in [3.8, 4) is 0 Å². The van der Waals surface area contributed by atoms with Crippen molar-refractivity contribution in [1.82, 2.24) is 9.62 Å². The molecule has 0 spiro atoms. The number of sulfonamides is 1. The highest BCUT2D eigenvalue weighted by Crippen LogP contribution is 2.48. The number of carbonyl (C=O) groups is 1. The van der Waals surface area contributed by atoms with Gasteiger partial charge >= 0.3 is 5.97 Å². The minimum atomic E-state index is -3.54. The van der Waals surface area contributed by atoms with Crippen LogP contribution in [0.3, 0.4) is 0 Å². The van der Waals surface area contributed by atoms with E-state index in [0.717, 1.165) is 0 Å². The molecule has 6 nitrogen and oxygen atoms in total. The first-order valence-electron chi connectivity index (χ1n) is 6.76. The van der Waals surface area contributed by atoms with Gasteiger partial charge < -0.3 is 10.0 Å². The van der Waals surface area contributed by atoms with E-state index in [-0.39, 0.29) is 4.90 Å². The number of nitrogens with zero attached hydrogens (tertiary/aromatic N) is 1. The van der Waals surface area contributed by atoms with Crippen LogP contribution in [0.2, 0.25) is 0 Å². The molecule has 2 N–H and O–H groups in total. The van der Waals surface area contributed by atoms with E-state index < -0.39 is 21.4 Å². The van der Waals surface area contributed by atoms with Crippen LogP contribution in [0.15, 0.2) is 29.2 Å². The summed E-state index contributed by atoms with van der Waals surface area (Å²) in [4.78, 5) is 13.3. The van der Waals surface area contributed by atoms with Crippen molar-refractivity contribution >= 4 is 16.0 Å². The van der Waals surface area contributed by atoms with Gasteiger partial charge in [0, 0.05) is 13.1 Å². The van der Waals surface area contributed by atoms with Gasteiger partial charge in [0.25, 0.3) is 0 Å². The molecule has 2 rings (SSSR count). The summed E-state index contributed by atoms with van der Waals surface area (Å²) in [6.07, 6.45) is 1.21. The number of aliphatic carboxylic acids is 1. The molecule has 1 aromatic rings. The van der Waals surface area contributed by atoms with E-state index in [9.17, 15) is 18.3 Å². The van der Waals surface area contributed by atoms with Crippen LogP contribution in [0.4, 0.5) is 0 Å². The van der Waals surface area contributed by atoms with Gasteiger partial charge in [0.1, 0.15) is 0 Å². The van der Waals surface area contributed by atoms with Gasteiger partial charge in [-0.3, -0.25) is 4.79 Å². The zero-order chi connectivity index (χ0) is 15.7. The number of benzene rings is 1. The molecule has 21 heavy (non-hydrogen) atoms. The molecule has 0 atom stereocenters. The summed E-state index contributed by atoms with van der Waals surface area (Å²) in [7, 11) is 0.188. The molecular formula is C14H20N2O4S. The summed E-state index contributed by atoms with van der Waals surface area (Å²) in [6, 6.07) is 6.13. The molecule has 1 aliphatic carbocycles. The quantitative estimate of drug-likeness (QED) is 0.772. The second-order valence-electron chi connectivity index (χ2n) is 5.61. The number of carboxylic acid groups (broad SMARTS) is 1. The molecule has 1 aliphatic rings. The number of nitrogens with one attached hydrogen (secondary N) is 1. The maximum absolute atomic E-state index is 12.1. The largest absolute Gasteiger partial charge is 0.481 e. The van der Waals surface area contributed by atoms with Crippen LogP contribution in [0, 0.1) is 0 Å². The average Bonchev–Trinajstić information content (AvgIpc) is 3.19. The third-order valence-electron chi connectivity index (χ3n) is 3.73. The maximum atomic E-state index is 12.1. The molecule has 1 saturated carbocycles. The number of rotatable bonds is 7. The van der Waals surface area contributed by atoms with Crippen molar-refractivity contribution in [2.45, 2.75) is 23.2 Å². The van der Waals surface area contributed by atoms with E-state index in [1.54, 1.807) is 12.1 Å². The highest BCUT2D eigenvalue weighted by atomic mass is 32.2. The van der Waals surface area contributed by atoms with Crippen LogP contribution >= 0.6 is 0 Å². The maximum Gasteiger partial charge on any atom is 0.314 e. The smallest absolute Gasteiger partial charge is 0.314 e. The Hall–Kier alpha value is -1.44. The molecule has 1 fully saturated rings. The second kappa shape index (κ2) is 5.75. The zero-order valence-corrected chi connectivity index (χ0v) is 13.0. The van der Waals surface area contributed by atoms with Gasteiger partial charge in [0.15, 0.2) is 0 Å². The van der Waals surface area contributed by atoms with Gasteiger partial charge in [0.05, 0.1) is 10.3 Å². The molecule has 0 amide bonds. The standard InChI is InChI=1S/C14H20N2O4S/c1-16(2)10-9-15-21(19,20)12-5-3-11(4-6-12)14(7-8-14)13(17)18/h3-6,15H,7-10H2,1-2H3,(H,17,18). The van der Waals surface area contributed by atoms with E-state index in [4.69, 9.17) is 0 Å². The highest BCUT2D eigenvalue weighted by Gasteiger charge is 2.51. The Balaban J connectivity index is 2.10. The molecule has 0 saturated heterocycles. The van der Waals surface area contributed by atoms with Gasteiger partial charge in [0.2, 0.25) is 10.0 Å². The van der Waals surface area contributed by atoms with Gasteiger partial charge in [-0.25, -0.2) is 13.1 Å². The van der Waals surface area contributed by atoms with Crippen LogP contribution in [0.25, 0.3) is 0 Å². The van der Waals surface area contributed by atoms with Crippen molar-refractivity contribution in [2.24, 2.45) is 0 Å². The predicted octanol–water partition coefficient (Wildman–Crippen LogP) is 0.643. The lowest BCUT2D eigenvalue weighted by atomic mass is 9.96. The second-order valence-corrected chi connectivity index (χ2v) is 7.38. The van der Waals surface area contributed by atoms with Crippen LogP contribution in [0.1, 0.15) is 18.4 Å². The Morgan fingerprint density at radius 3 is 2.29 bits per heavy atom. The van der Waals surface area contributed by atoms with Gasteiger partial charge in [-0.2, -0.15) is 0 Å². The van der Waals surface area contributed by atoms with Crippen molar-refractivity contribution in [1.29, 1.82) is 0 Å². The predicted molar refractivity (Wildman–Crippen MR) is 78.7 cm³/mol. The SMILES string of the molecule is CN(C)CCNS(=O)(=O)c1ccc(C2(C(=O)O)CC2)cc1. The van der Waals surface area contributed by atoms with Gasteiger partial charge in [-0.1, -0.05) is 12.1 Å². The summed E-state index contributed by atoms with van der Waals surface area (Å²) >= 11 is 0. The molecule has 1 aromatic carbocycles. The van der Waals surface area contributed by atoms with E-state index in [1.165, 1.54) is 12.1 Å². The Labute approximate surface area is 124 Å². The summed E-state index contributed by atoms with van der Waals surface area (Å²) in [5.74, 6) is -0.845. The Kier molecular flexibility index (Phi) is 4.36. The fourth-order valence-electron chi connectivity index (χ4n) is 2.19. The van der Waals surface area contributed by atoms with Crippen LogP contribution in [-0.2, 0) is 20.2 Å². The third kappa shape index (κ3) is 3.42. The highest BCUT2D eigenvalue weighted by molar-refractivity contribution is 7.89. The lowest BCUT2D eigenvalue weighted by Gasteiger charge is -2.13. The van der Waals surface area contributed by atoms with E-state index in [0.29, 0.717) is 31.5 Å². The summed E-state index contributed by atoms with van der Waals surface area (Å²) in [5.41, 5.74) is -0.136. The first-order valence-corrected chi connectivity index (χ1v) is 8.25. The Bertz CT molecular complexity index is 619. The van der Waals surface area contributed by atoms with E-state index in [1.807, 2.05) is 19.0 Å². The zero-order valence-electron chi connectivity index (χ0n) is 12.2. The molecule has 0 aromatic heterocycles. The fraction of sp³-hybridized carbons (Fsp3) is 0.500. The molecule has 0 heterocycles. The normalized spacial score (nSPS) is 16.9. The van der Waals surface area contributed by atoms with Crippen LogP contribution < -0.4 is 4.72 Å². The molecule has 0 bridgehead atoms. The van der Waals surface area contributed by atoms with Crippen molar-refractivity contribution in [3.63, 3.8) is 0 Å². The fourth-order valence-corrected chi connectivity index (χ4v) is 3.21. The molecule has 0 unspecified atom stereocenters. The van der Waals surface area contributed by atoms with Crippen molar-refractivity contribution < 1.29 is 18.3 Å². The summed E-state index contributed by atoms with van der Waals surface area (Å²) in [6.45, 7) is 0.940. The third-order valence-corrected chi connectivity index (χ3v) is 5.20. The Morgan fingerprint density at radius 2 is 1.86 bits per heavy atom. The number of hydrogen-bond acceptors (Lipinski definition) is 4. The van der Waals surface area contributed by atoms with E-state index in [2.05, 4.69) is 4.72 Å². The lowest BCUT2D eigenvalue weighted by molar-refractivity contribution is -0.140. The molecule has 0 aliphatic heterocycles. The molecule has 7 heteroatoms. The van der Waals surface area contributed by atoms with E-state index >= 15 is 0 Å². The summed E-state index contributed by atoms with van der Waals surface area (Å²) < 4.78 is 26.7. The van der Waals surface area contributed by atoms with Gasteiger partial charge in [-0.05, 0) is 44.6 Å². The lowest BCUT2D eigenvalue weighted by Crippen LogP contribution is -2.31. The average molecular weight is 312 g/mol. The minimum absolute atomic E-state index is 0.159.